The van der Waals surface area contributed by atoms with E-state index in [1.54, 1.807) is 18.0 Å². The van der Waals surface area contributed by atoms with E-state index in [-0.39, 0.29) is 0 Å². The zero-order valence-electron chi connectivity index (χ0n) is 13.9. The van der Waals surface area contributed by atoms with Gasteiger partial charge in [0, 0.05) is 51.7 Å². The molecule has 1 aromatic carbocycles. The van der Waals surface area contributed by atoms with Gasteiger partial charge in [0.25, 0.3) is 0 Å². The number of thioether (sulfide) groups is 1. The molecular formula is C17H19N7S2. The minimum absolute atomic E-state index is 0.385. The molecule has 0 saturated carbocycles. The summed E-state index contributed by atoms with van der Waals surface area (Å²) in [5.41, 5.74) is 6.12. The molecule has 1 aliphatic heterocycles. The maximum absolute atomic E-state index is 5.68. The van der Waals surface area contributed by atoms with Crippen molar-refractivity contribution in [1.29, 1.82) is 0 Å². The Labute approximate surface area is 160 Å². The standard InChI is InChI=1S/C17H19N7S2/c18-22-17(23-19)15-11(12-2-1-3-14-21-6-7-24(12)14)4-5-13(16(15)25)26-10-8-20-9-10/h1-7,10,20,25H,8-9,18-19H2,(H,22,23). The Morgan fingerprint density at radius 2 is 2.19 bits per heavy atom. The first-order chi connectivity index (χ1) is 12.7. The van der Waals surface area contributed by atoms with E-state index in [1.807, 2.05) is 28.8 Å². The van der Waals surface area contributed by atoms with Gasteiger partial charge in [-0.2, -0.15) is 5.10 Å². The normalized spacial score (nSPS) is 15.2. The van der Waals surface area contributed by atoms with Gasteiger partial charge in [-0.1, -0.05) is 12.1 Å². The molecule has 1 aliphatic rings. The molecule has 0 amide bonds. The molecule has 0 bridgehead atoms. The summed E-state index contributed by atoms with van der Waals surface area (Å²) in [6.45, 7) is 1.99. The first-order valence-electron chi connectivity index (χ1n) is 8.13. The molecule has 7 nitrogen and oxygen atoms in total. The Balaban J connectivity index is 1.91. The van der Waals surface area contributed by atoms with Crippen molar-refractivity contribution < 1.29 is 0 Å². The van der Waals surface area contributed by atoms with Gasteiger partial charge < -0.3 is 16.6 Å². The summed E-state index contributed by atoms with van der Waals surface area (Å²) in [4.78, 5) is 6.24. The molecule has 4 rings (SSSR count). The Kier molecular flexibility index (Phi) is 4.77. The largest absolute Gasteiger partial charge is 0.321 e. The summed E-state index contributed by atoms with van der Waals surface area (Å²) < 4.78 is 2.01. The average molecular weight is 386 g/mol. The van der Waals surface area contributed by atoms with Crippen molar-refractivity contribution in [2.75, 3.05) is 13.1 Å². The number of benzene rings is 1. The highest BCUT2D eigenvalue weighted by molar-refractivity contribution is 8.00. The number of hydrogen-bond donors (Lipinski definition) is 5. The van der Waals surface area contributed by atoms with Crippen molar-refractivity contribution in [3.05, 3.63) is 48.3 Å². The molecule has 3 aromatic rings. The van der Waals surface area contributed by atoms with Crippen LogP contribution in [0.5, 0.6) is 0 Å². The van der Waals surface area contributed by atoms with Crippen LogP contribution in [0.15, 0.2) is 57.6 Å². The minimum Gasteiger partial charge on any atom is -0.321 e. The number of fused-ring (bicyclic) bond motifs is 1. The van der Waals surface area contributed by atoms with Crippen LogP contribution in [0.2, 0.25) is 0 Å². The SMILES string of the molecule is N/N=C(\NN)c1c(-c2cccc3nccn23)ccc(SC2CNC2)c1S. The minimum atomic E-state index is 0.385. The van der Waals surface area contributed by atoms with Gasteiger partial charge in [-0.05, 0) is 18.2 Å². The number of aromatic nitrogens is 2. The lowest BCUT2D eigenvalue weighted by Gasteiger charge is -2.27. The van der Waals surface area contributed by atoms with E-state index < -0.39 is 0 Å². The number of hydrazone groups is 1. The van der Waals surface area contributed by atoms with Crippen LogP contribution < -0.4 is 22.4 Å². The van der Waals surface area contributed by atoms with Crippen LogP contribution in [0.3, 0.4) is 0 Å². The first-order valence-corrected chi connectivity index (χ1v) is 9.46. The average Bonchev–Trinajstić information content (AvgIpc) is 3.10. The zero-order chi connectivity index (χ0) is 18.1. The first kappa shape index (κ1) is 17.2. The molecule has 3 heterocycles. The predicted molar refractivity (Wildman–Crippen MR) is 108 cm³/mol. The Morgan fingerprint density at radius 1 is 1.35 bits per heavy atom. The lowest BCUT2D eigenvalue weighted by molar-refractivity contribution is 0.543. The van der Waals surface area contributed by atoms with E-state index in [0.717, 1.165) is 45.3 Å². The van der Waals surface area contributed by atoms with Gasteiger partial charge in [-0.15, -0.1) is 24.4 Å². The number of pyridine rings is 1. The fraction of sp³-hybridized carbons (Fsp3) is 0.176. The molecule has 0 radical (unpaired) electrons. The molecule has 1 saturated heterocycles. The van der Waals surface area contributed by atoms with Crippen LogP contribution in [0.25, 0.3) is 16.9 Å². The summed E-state index contributed by atoms with van der Waals surface area (Å²) in [6.07, 6.45) is 3.69. The number of nitrogens with one attached hydrogen (secondary N) is 2. The number of imidazole rings is 1. The van der Waals surface area contributed by atoms with Crippen molar-refractivity contribution in [3.8, 4) is 11.3 Å². The topological polar surface area (TPSA) is 106 Å². The van der Waals surface area contributed by atoms with Crippen LogP contribution in [0.4, 0.5) is 0 Å². The summed E-state index contributed by atoms with van der Waals surface area (Å²) in [5.74, 6) is 11.7. The van der Waals surface area contributed by atoms with Crippen LogP contribution in [-0.2, 0) is 0 Å². The van der Waals surface area contributed by atoms with Gasteiger partial charge in [-0.25, -0.2) is 10.8 Å². The van der Waals surface area contributed by atoms with Gasteiger partial charge in [-0.3, -0.25) is 4.40 Å². The zero-order valence-corrected chi connectivity index (χ0v) is 15.6. The lowest BCUT2D eigenvalue weighted by Crippen LogP contribution is -2.44. The number of nitrogens with zero attached hydrogens (tertiary/aromatic N) is 3. The van der Waals surface area contributed by atoms with E-state index in [2.05, 4.69) is 33.0 Å². The molecular weight excluding hydrogens is 366 g/mol. The Bertz CT molecular complexity index is 978. The molecule has 0 aliphatic carbocycles. The highest BCUT2D eigenvalue weighted by Crippen LogP contribution is 2.38. The molecule has 26 heavy (non-hydrogen) atoms. The van der Waals surface area contributed by atoms with Crippen LogP contribution >= 0.6 is 24.4 Å². The second kappa shape index (κ2) is 7.20. The van der Waals surface area contributed by atoms with Gasteiger partial charge in [0.1, 0.15) is 5.65 Å². The second-order valence-electron chi connectivity index (χ2n) is 5.92. The molecule has 1 fully saturated rings. The van der Waals surface area contributed by atoms with Crippen molar-refractivity contribution in [1.82, 2.24) is 20.1 Å². The lowest BCUT2D eigenvalue weighted by atomic mass is 10.0. The second-order valence-corrected chi connectivity index (χ2v) is 7.71. The molecule has 6 N–H and O–H groups in total. The van der Waals surface area contributed by atoms with Gasteiger partial charge >= 0.3 is 0 Å². The highest BCUT2D eigenvalue weighted by atomic mass is 32.2. The van der Waals surface area contributed by atoms with Crippen molar-refractivity contribution in [3.63, 3.8) is 0 Å². The highest BCUT2D eigenvalue weighted by Gasteiger charge is 2.23. The predicted octanol–water partition coefficient (Wildman–Crippen LogP) is 1.44. The van der Waals surface area contributed by atoms with E-state index >= 15 is 0 Å². The van der Waals surface area contributed by atoms with E-state index in [9.17, 15) is 0 Å². The molecule has 0 spiro atoms. The molecule has 0 unspecified atom stereocenters. The van der Waals surface area contributed by atoms with Gasteiger partial charge in [0.05, 0.1) is 5.69 Å². The van der Waals surface area contributed by atoms with Crippen molar-refractivity contribution in [2.45, 2.75) is 15.0 Å². The third-order valence-corrected chi connectivity index (χ3v) is 6.26. The maximum atomic E-state index is 5.68. The smallest absolute Gasteiger partial charge is 0.168 e. The summed E-state index contributed by atoms with van der Waals surface area (Å²) in [7, 11) is 0. The van der Waals surface area contributed by atoms with Crippen LogP contribution in [-0.4, -0.2) is 33.6 Å². The Hall–Kier alpha value is -2.20. The molecule has 2 aromatic heterocycles. The monoisotopic (exact) mass is 385 g/mol. The quantitative estimate of drug-likeness (QED) is 0.153. The van der Waals surface area contributed by atoms with Crippen molar-refractivity contribution in [2.24, 2.45) is 16.8 Å². The van der Waals surface area contributed by atoms with Crippen LogP contribution in [0, 0.1) is 0 Å². The van der Waals surface area contributed by atoms with E-state index in [1.165, 1.54) is 0 Å². The number of nitrogens with two attached hydrogens (primary N) is 2. The number of hydrazine groups is 1. The van der Waals surface area contributed by atoms with Crippen LogP contribution in [0.1, 0.15) is 5.56 Å². The molecule has 9 heteroatoms. The fourth-order valence-corrected chi connectivity index (χ4v) is 4.57. The van der Waals surface area contributed by atoms with E-state index in [4.69, 9.17) is 24.3 Å². The third-order valence-electron chi connectivity index (χ3n) is 4.39. The number of rotatable bonds is 4. The Morgan fingerprint density at radius 3 is 2.88 bits per heavy atom. The third kappa shape index (κ3) is 2.92. The molecule has 134 valence electrons. The number of hydrogen-bond acceptors (Lipinski definition) is 7. The maximum Gasteiger partial charge on any atom is 0.168 e. The van der Waals surface area contributed by atoms with Gasteiger partial charge in [0.15, 0.2) is 5.84 Å². The fourth-order valence-electron chi connectivity index (χ4n) is 2.99. The number of amidine groups is 1. The number of thiol groups is 1. The van der Waals surface area contributed by atoms with Crippen molar-refractivity contribution >= 4 is 35.9 Å². The summed E-state index contributed by atoms with van der Waals surface area (Å²) in [5, 5.41) is 7.66. The molecule has 0 atom stereocenters. The van der Waals surface area contributed by atoms with E-state index in [0.29, 0.717) is 11.1 Å². The van der Waals surface area contributed by atoms with Gasteiger partial charge in [0.2, 0.25) is 0 Å². The summed E-state index contributed by atoms with van der Waals surface area (Å²) in [6, 6.07) is 10.1. The summed E-state index contributed by atoms with van der Waals surface area (Å²) >= 11 is 6.59.